The maximum absolute atomic E-state index is 10.8. The lowest BCUT2D eigenvalue weighted by molar-refractivity contribution is 0.367. The molecule has 0 amide bonds. The Morgan fingerprint density at radius 1 is 1.16 bits per heavy atom. The van der Waals surface area contributed by atoms with Gasteiger partial charge in [0.15, 0.2) is 0 Å². The zero-order chi connectivity index (χ0) is 14.4. The number of phenolic OH excluding ortho intramolecular Hbond substituents is 1. The first-order valence-corrected chi connectivity index (χ1v) is 8.77. The lowest BCUT2D eigenvalue weighted by Gasteiger charge is -2.22. The minimum atomic E-state index is -0.719. The third-order valence-electron chi connectivity index (χ3n) is 3.10. The topological polar surface area (TPSA) is 40.5 Å². The van der Waals surface area contributed by atoms with Crippen LogP contribution in [0.15, 0.2) is 16.6 Å². The van der Waals surface area contributed by atoms with Crippen LogP contribution < -0.4 is 0 Å². The Kier molecular flexibility index (Phi) is 7.04. The quantitative estimate of drug-likeness (QED) is 0.843. The molecule has 1 atom stereocenters. The SMILES string of the molecule is CS(=O)N1CCCCC1.Cc1cc(O)cc(C)c1Br. The molecule has 0 aliphatic carbocycles. The van der Waals surface area contributed by atoms with E-state index in [9.17, 15) is 4.21 Å². The van der Waals surface area contributed by atoms with Crippen molar-refractivity contribution < 1.29 is 9.32 Å². The van der Waals surface area contributed by atoms with E-state index in [1.165, 1.54) is 19.3 Å². The van der Waals surface area contributed by atoms with Crippen LogP contribution in [0.2, 0.25) is 0 Å². The first-order chi connectivity index (χ1) is 8.91. The highest BCUT2D eigenvalue weighted by Gasteiger charge is 2.11. The van der Waals surface area contributed by atoms with Gasteiger partial charge in [-0.15, -0.1) is 0 Å². The number of aromatic hydroxyl groups is 1. The number of nitrogens with zero attached hydrogens (tertiary/aromatic N) is 1. The normalized spacial score (nSPS) is 17.5. The molecule has 0 radical (unpaired) electrons. The van der Waals surface area contributed by atoms with E-state index in [4.69, 9.17) is 5.11 Å². The fourth-order valence-electron chi connectivity index (χ4n) is 2.05. The first kappa shape index (κ1) is 16.7. The van der Waals surface area contributed by atoms with Crippen molar-refractivity contribution >= 4 is 26.9 Å². The predicted octanol–water partition coefficient (Wildman–Crippen LogP) is 3.54. The highest BCUT2D eigenvalue weighted by molar-refractivity contribution is 9.10. The average molecular weight is 348 g/mol. The third kappa shape index (κ3) is 5.63. The second-order valence-corrected chi connectivity index (χ2v) is 6.96. The lowest BCUT2D eigenvalue weighted by atomic mass is 10.1. The molecule has 19 heavy (non-hydrogen) atoms. The van der Waals surface area contributed by atoms with E-state index in [0.717, 1.165) is 28.7 Å². The Balaban J connectivity index is 0.000000191. The molecule has 1 aromatic rings. The summed E-state index contributed by atoms with van der Waals surface area (Å²) in [4.78, 5) is 0. The molecule has 0 aromatic heterocycles. The molecule has 0 bridgehead atoms. The second kappa shape index (κ2) is 8.02. The number of hydrogen-bond acceptors (Lipinski definition) is 2. The van der Waals surface area contributed by atoms with Crippen molar-refractivity contribution in [3.05, 3.63) is 27.7 Å². The molecule has 0 saturated carbocycles. The van der Waals surface area contributed by atoms with Crippen molar-refractivity contribution in [3.8, 4) is 5.75 Å². The van der Waals surface area contributed by atoms with Crippen molar-refractivity contribution in [2.75, 3.05) is 19.3 Å². The van der Waals surface area contributed by atoms with Gasteiger partial charge in [-0.1, -0.05) is 22.4 Å². The van der Waals surface area contributed by atoms with Crippen molar-refractivity contribution in [2.45, 2.75) is 33.1 Å². The maximum atomic E-state index is 10.8. The number of halogens is 1. The van der Waals surface area contributed by atoms with E-state index in [1.54, 1.807) is 18.4 Å². The molecule has 1 aromatic carbocycles. The van der Waals surface area contributed by atoms with Crippen molar-refractivity contribution in [3.63, 3.8) is 0 Å². The van der Waals surface area contributed by atoms with Crippen LogP contribution in [-0.2, 0) is 11.0 Å². The van der Waals surface area contributed by atoms with Gasteiger partial charge in [0, 0.05) is 23.8 Å². The van der Waals surface area contributed by atoms with Crippen LogP contribution in [-0.4, -0.2) is 33.0 Å². The zero-order valence-corrected chi connectivity index (χ0v) is 14.2. The molecule has 3 nitrogen and oxygen atoms in total. The number of piperidine rings is 1. The summed E-state index contributed by atoms with van der Waals surface area (Å²) in [5, 5.41) is 9.10. The molecular weight excluding hydrogens is 326 g/mol. The van der Waals surface area contributed by atoms with E-state index in [2.05, 4.69) is 15.9 Å². The standard InChI is InChI=1S/C8H9BrO.C6H13NOS/c1-5-3-7(10)4-6(2)8(5)9;1-9(8)7-5-3-2-4-6-7/h3-4,10H,1-2H3;2-6H2,1H3. The van der Waals surface area contributed by atoms with Gasteiger partial charge in [-0.25, -0.2) is 8.51 Å². The van der Waals surface area contributed by atoms with E-state index < -0.39 is 11.0 Å². The molecule has 1 aliphatic heterocycles. The summed E-state index contributed by atoms with van der Waals surface area (Å²) in [5.74, 6) is 0.332. The largest absolute Gasteiger partial charge is 0.508 e. The zero-order valence-electron chi connectivity index (χ0n) is 11.8. The highest BCUT2D eigenvalue weighted by atomic mass is 79.9. The van der Waals surface area contributed by atoms with E-state index in [-0.39, 0.29) is 0 Å². The van der Waals surface area contributed by atoms with Crippen molar-refractivity contribution in [2.24, 2.45) is 0 Å². The molecule has 1 aliphatic rings. The van der Waals surface area contributed by atoms with Crippen LogP contribution in [0.4, 0.5) is 0 Å². The Morgan fingerprint density at radius 3 is 2.00 bits per heavy atom. The van der Waals surface area contributed by atoms with Gasteiger partial charge in [-0.3, -0.25) is 0 Å². The van der Waals surface area contributed by atoms with Gasteiger partial charge in [0.05, 0.1) is 11.0 Å². The maximum Gasteiger partial charge on any atom is 0.116 e. The summed E-state index contributed by atoms with van der Waals surface area (Å²) < 4.78 is 13.9. The van der Waals surface area contributed by atoms with Crippen LogP contribution >= 0.6 is 15.9 Å². The molecule has 1 fully saturated rings. The fourth-order valence-corrected chi connectivity index (χ4v) is 3.05. The number of rotatable bonds is 1. The molecular formula is C14H22BrNO2S. The number of aryl methyl sites for hydroxylation is 2. The molecule has 1 N–H and O–H groups in total. The number of benzene rings is 1. The van der Waals surface area contributed by atoms with Crippen LogP contribution in [0.1, 0.15) is 30.4 Å². The summed E-state index contributed by atoms with van der Waals surface area (Å²) in [5.41, 5.74) is 2.13. The van der Waals surface area contributed by atoms with Gasteiger partial charge in [0.1, 0.15) is 5.75 Å². The molecule has 1 unspecified atom stereocenters. The molecule has 0 spiro atoms. The average Bonchev–Trinajstić information content (AvgIpc) is 2.37. The van der Waals surface area contributed by atoms with Gasteiger partial charge in [-0.05, 0) is 49.9 Å². The molecule has 1 heterocycles. The molecule has 1 saturated heterocycles. The van der Waals surface area contributed by atoms with Crippen LogP contribution in [0, 0.1) is 13.8 Å². The molecule has 2 rings (SSSR count). The first-order valence-electron chi connectivity index (χ1n) is 6.46. The summed E-state index contributed by atoms with van der Waals surface area (Å²) in [6.45, 7) is 5.97. The van der Waals surface area contributed by atoms with Crippen molar-refractivity contribution in [1.29, 1.82) is 0 Å². The molecule has 5 heteroatoms. The smallest absolute Gasteiger partial charge is 0.116 e. The monoisotopic (exact) mass is 347 g/mol. The van der Waals surface area contributed by atoms with Crippen LogP contribution in [0.25, 0.3) is 0 Å². The minimum absolute atomic E-state index is 0.332. The van der Waals surface area contributed by atoms with E-state index in [0.29, 0.717) is 5.75 Å². The Bertz CT molecular complexity index is 422. The van der Waals surface area contributed by atoms with Gasteiger partial charge >= 0.3 is 0 Å². The highest BCUT2D eigenvalue weighted by Crippen LogP contribution is 2.25. The van der Waals surface area contributed by atoms with E-state index >= 15 is 0 Å². The van der Waals surface area contributed by atoms with E-state index in [1.807, 2.05) is 18.2 Å². The van der Waals surface area contributed by atoms with Gasteiger partial charge in [0.25, 0.3) is 0 Å². The number of hydrogen-bond donors (Lipinski definition) is 1. The Morgan fingerprint density at radius 2 is 1.63 bits per heavy atom. The molecule has 108 valence electrons. The minimum Gasteiger partial charge on any atom is -0.508 e. The van der Waals surface area contributed by atoms with Gasteiger partial charge in [0.2, 0.25) is 0 Å². The Labute approximate surface area is 126 Å². The van der Waals surface area contributed by atoms with Gasteiger partial charge in [-0.2, -0.15) is 0 Å². The third-order valence-corrected chi connectivity index (χ3v) is 5.44. The summed E-state index contributed by atoms with van der Waals surface area (Å²) in [6, 6.07) is 3.47. The summed E-state index contributed by atoms with van der Waals surface area (Å²) >= 11 is 3.40. The lowest BCUT2D eigenvalue weighted by Crippen LogP contribution is -2.30. The van der Waals surface area contributed by atoms with Crippen LogP contribution in [0.5, 0.6) is 5.75 Å². The fraction of sp³-hybridized carbons (Fsp3) is 0.571. The van der Waals surface area contributed by atoms with Crippen molar-refractivity contribution in [1.82, 2.24) is 4.31 Å². The van der Waals surface area contributed by atoms with Gasteiger partial charge < -0.3 is 5.11 Å². The van der Waals surface area contributed by atoms with Crippen LogP contribution in [0.3, 0.4) is 0 Å². The summed E-state index contributed by atoms with van der Waals surface area (Å²) in [6.07, 6.45) is 5.51. The summed E-state index contributed by atoms with van der Waals surface area (Å²) in [7, 11) is -0.719. The second-order valence-electron chi connectivity index (χ2n) is 4.81. The Hall–Kier alpha value is -0.390. The predicted molar refractivity (Wildman–Crippen MR) is 84.8 cm³/mol. The number of phenols is 1.